The molecule has 1 fully saturated rings. The van der Waals surface area contributed by atoms with Gasteiger partial charge < -0.3 is 4.74 Å². The van der Waals surface area contributed by atoms with Gasteiger partial charge in [0.15, 0.2) is 0 Å². The van der Waals surface area contributed by atoms with Gasteiger partial charge in [-0.3, -0.25) is 9.59 Å². The van der Waals surface area contributed by atoms with Gasteiger partial charge in [0.1, 0.15) is 18.3 Å². The monoisotopic (exact) mass is 270 g/mol. The summed E-state index contributed by atoms with van der Waals surface area (Å²) < 4.78 is 5.21. The van der Waals surface area contributed by atoms with E-state index < -0.39 is 0 Å². The number of rotatable bonds is 3. The summed E-state index contributed by atoms with van der Waals surface area (Å²) in [6, 6.07) is 0. The molecule has 112 valence electrons. The van der Waals surface area contributed by atoms with Crippen LogP contribution in [0.2, 0.25) is 0 Å². The number of ether oxygens (including phenoxy) is 1. The van der Waals surface area contributed by atoms with Gasteiger partial charge in [0, 0.05) is 0 Å². The third-order valence-corrected chi connectivity index (χ3v) is 2.58. The van der Waals surface area contributed by atoms with Gasteiger partial charge in [-0.25, -0.2) is 0 Å². The topological polar surface area (TPSA) is 43.4 Å². The molecule has 1 aliphatic carbocycles. The van der Waals surface area contributed by atoms with Crippen molar-refractivity contribution in [3.8, 4) is 0 Å². The van der Waals surface area contributed by atoms with Crippen LogP contribution in [0.5, 0.6) is 0 Å². The number of esters is 1. The summed E-state index contributed by atoms with van der Waals surface area (Å²) in [5.74, 6) is 0.148. The molecule has 2 atom stereocenters. The van der Waals surface area contributed by atoms with Gasteiger partial charge in [-0.05, 0) is 32.1 Å². The van der Waals surface area contributed by atoms with Crippen LogP contribution in [0.1, 0.15) is 66.2 Å². The maximum atomic E-state index is 11.2. The van der Waals surface area contributed by atoms with Crippen molar-refractivity contribution < 1.29 is 14.3 Å². The maximum absolute atomic E-state index is 11.2. The molecule has 0 radical (unpaired) electrons. The van der Waals surface area contributed by atoms with Crippen molar-refractivity contribution >= 4 is 11.8 Å². The molecule has 3 nitrogen and oxygen atoms in total. The van der Waals surface area contributed by atoms with Crippen LogP contribution in [-0.4, -0.2) is 17.9 Å². The molecule has 0 aromatic carbocycles. The molecule has 19 heavy (non-hydrogen) atoms. The lowest BCUT2D eigenvalue weighted by atomic mass is 9.89. The van der Waals surface area contributed by atoms with Crippen LogP contribution in [0.4, 0.5) is 0 Å². The number of hydrogen-bond acceptors (Lipinski definition) is 3. The van der Waals surface area contributed by atoms with E-state index in [-0.39, 0.29) is 24.3 Å². The largest absolute Gasteiger partial charge is 0.462 e. The summed E-state index contributed by atoms with van der Waals surface area (Å²) >= 11 is 0. The first-order valence-corrected chi connectivity index (χ1v) is 7.18. The van der Waals surface area contributed by atoms with E-state index in [1.54, 1.807) is 0 Å². The van der Waals surface area contributed by atoms with Gasteiger partial charge in [0.05, 0.1) is 0 Å². The zero-order valence-corrected chi connectivity index (χ0v) is 13.0. The molecular weight excluding hydrogens is 240 g/mol. The van der Waals surface area contributed by atoms with Crippen LogP contribution in [-0.2, 0) is 14.3 Å². The third-order valence-electron chi connectivity index (χ3n) is 2.58. The van der Waals surface area contributed by atoms with Crippen molar-refractivity contribution in [2.75, 3.05) is 0 Å². The second kappa shape index (κ2) is 13.3. The molecule has 0 aliphatic heterocycles. The van der Waals surface area contributed by atoms with Crippen molar-refractivity contribution in [1.82, 2.24) is 0 Å². The number of hydrogen-bond donors (Lipinski definition) is 0. The second-order valence-electron chi connectivity index (χ2n) is 4.97. The zero-order valence-electron chi connectivity index (χ0n) is 13.0. The minimum Gasteiger partial charge on any atom is -0.462 e. The Morgan fingerprint density at radius 3 is 2.16 bits per heavy atom. The molecule has 0 unspecified atom stereocenters. The van der Waals surface area contributed by atoms with Crippen LogP contribution in [0, 0.1) is 5.92 Å². The van der Waals surface area contributed by atoms with Crippen molar-refractivity contribution in [2.45, 2.75) is 72.3 Å². The second-order valence-corrected chi connectivity index (χ2v) is 4.97. The Balaban J connectivity index is 0. The Kier molecular flexibility index (Phi) is 14.2. The summed E-state index contributed by atoms with van der Waals surface area (Å²) in [5, 5.41) is 0. The van der Waals surface area contributed by atoms with E-state index in [0.29, 0.717) is 5.92 Å². The predicted molar refractivity (Wildman–Crippen MR) is 80.0 cm³/mol. The van der Waals surface area contributed by atoms with Crippen LogP contribution >= 0.6 is 0 Å². The van der Waals surface area contributed by atoms with Crippen LogP contribution in [0.25, 0.3) is 0 Å². The molecule has 1 rings (SSSR count). The summed E-state index contributed by atoms with van der Waals surface area (Å²) in [4.78, 5) is 21.8. The Morgan fingerprint density at radius 2 is 1.74 bits per heavy atom. The molecule has 1 aliphatic rings. The van der Waals surface area contributed by atoms with E-state index >= 15 is 0 Å². The Labute approximate surface area is 118 Å². The number of ketones is 1. The lowest BCUT2D eigenvalue weighted by molar-refractivity contribution is -0.152. The fourth-order valence-corrected chi connectivity index (χ4v) is 1.92. The van der Waals surface area contributed by atoms with E-state index in [1.165, 1.54) is 19.8 Å². The standard InChI is InChI=1S/C11H18O3.C3H8.C2H4/c1-8-4-3-5-10(6-8)14-11(13)7-9(2)12;1-3-2;1-2/h8,10H,3-7H2,1-2H3;3H2,1-2H3;1-2H2/t8-,10+;;/m1../s1. The third kappa shape index (κ3) is 13.1. The highest BCUT2D eigenvalue weighted by atomic mass is 16.5. The molecule has 0 aromatic rings. The Morgan fingerprint density at radius 1 is 1.21 bits per heavy atom. The highest BCUT2D eigenvalue weighted by Crippen LogP contribution is 2.25. The van der Waals surface area contributed by atoms with E-state index in [0.717, 1.165) is 19.3 Å². The quantitative estimate of drug-likeness (QED) is 0.436. The first-order chi connectivity index (χ1) is 8.99. The van der Waals surface area contributed by atoms with Gasteiger partial charge in [-0.2, -0.15) is 0 Å². The SMILES string of the molecule is C=C.CC(=O)CC(=O)O[C@H]1CCC[C@@H](C)C1.CCC. The van der Waals surface area contributed by atoms with Crippen molar-refractivity contribution in [1.29, 1.82) is 0 Å². The average molecular weight is 270 g/mol. The molecule has 3 heteroatoms. The molecule has 0 heterocycles. The van der Waals surface area contributed by atoms with Crippen molar-refractivity contribution in [3.05, 3.63) is 13.2 Å². The fraction of sp³-hybridized carbons (Fsp3) is 0.750. The highest BCUT2D eigenvalue weighted by Gasteiger charge is 2.22. The summed E-state index contributed by atoms with van der Waals surface area (Å²) in [6.45, 7) is 13.8. The van der Waals surface area contributed by atoms with Crippen molar-refractivity contribution in [2.24, 2.45) is 5.92 Å². The number of carbonyl (C=O) groups is 2. The van der Waals surface area contributed by atoms with Gasteiger partial charge in [0.25, 0.3) is 0 Å². The number of Topliss-reactive ketones (excluding diaryl/α,β-unsaturated/α-hetero) is 1. The summed E-state index contributed by atoms with van der Waals surface area (Å²) in [6.07, 6.45) is 5.47. The van der Waals surface area contributed by atoms with E-state index in [2.05, 4.69) is 33.9 Å². The van der Waals surface area contributed by atoms with Gasteiger partial charge in [0.2, 0.25) is 0 Å². The minimum absolute atomic E-state index is 0.0469. The maximum Gasteiger partial charge on any atom is 0.313 e. The fourth-order valence-electron chi connectivity index (χ4n) is 1.92. The van der Waals surface area contributed by atoms with E-state index in [9.17, 15) is 9.59 Å². The molecule has 0 amide bonds. The Bertz CT molecular complexity index is 248. The first kappa shape index (κ1) is 20.2. The van der Waals surface area contributed by atoms with Crippen molar-refractivity contribution in [3.63, 3.8) is 0 Å². The highest BCUT2D eigenvalue weighted by molar-refractivity contribution is 5.94. The van der Waals surface area contributed by atoms with E-state index in [1.807, 2.05) is 0 Å². The average Bonchev–Trinajstić information content (AvgIpc) is 2.31. The molecule has 0 aromatic heterocycles. The number of carbonyl (C=O) groups excluding carboxylic acids is 2. The smallest absolute Gasteiger partial charge is 0.313 e. The predicted octanol–water partition coefficient (Wildman–Crippen LogP) is 4.31. The first-order valence-electron chi connectivity index (χ1n) is 7.18. The molecule has 0 N–H and O–H groups in total. The van der Waals surface area contributed by atoms with E-state index in [4.69, 9.17) is 4.74 Å². The van der Waals surface area contributed by atoms with Crippen LogP contribution in [0.3, 0.4) is 0 Å². The summed E-state index contributed by atoms with van der Waals surface area (Å²) in [7, 11) is 0. The van der Waals surface area contributed by atoms with Gasteiger partial charge >= 0.3 is 5.97 Å². The molecule has 0 saturated heterocycles. The molecule has 1 saturated carbocycles. The Hall–Kier alpha value is -1.12. The lowest BCUT2D eigenvalue weighted by Crippen LogP contribution is -2.25. The minimum atomic E-state index is -0.364. The van der Waals surface area contributed by atoms with Gasteiger partial charge in [-0.1, -0.05) is 33.6 Å². The normalized spacial score (nSPS) is 21.1. The zero-order chi connectivity index (χ0) is 15.3. The van der Waals surface area contributed by atoms with Crippen LogP contribution in [0.15, 0.2) is 13.2 Å². The lowest BCUT2D eigenvalue weighted by Gasteiger charge is -2.26. The molecular formula is C16H30O3. The van der Waals surface area contributed by atoms with Crippen LogP contribution < -0.4 is 0 Å². The van der Waals surface area contributed by atoms with Gasteiger partial charge in [-0.15, -0.1) is 13.2 Å². The summed E-state index contributed by atoms with van der Waals surface area (Å²) in [5.41, 5.74) is 0. The molecule has 0 spiro atoms. The molecule has 0 bridgehead atoms.